The van der Waals surface area contributed by atoms with Gasteiger partial charge < -0.3 is 9.47 Å². The first-order chi connectivity index (χ1) is 19.9. The van der Waals surface area contributed by atoms with Gasteiger partial charge in [0, 0.05) is 30.1 Å². The largest absolute Gasteiger partial charge is 0.476 e. The van der Waals surface area contributed by atoms with Crippen molar-refractivity contribution in [2.45, 2.75) is 66.0 Å². The van der Waals surface area contributed by atoms with Gasteiger partial charge in [-0.2, -0.15) is 13.2 Å². The molecule has 0 fully saturated rings. The van der Waals surface area contributed by atoms with E-state index in [9.17, 15) is 18.0 Å². The normalized spacial score (nSPS) is 12.0. The van der Waals surface area contributed by atoms with Gasteiger partial charge in [-0.05, 0) is 69.5 Å². The van der Waals surface area contributed by atoms with E-state index in [2.05, 4.69) is 28.1 Å². The highest BCUT2D eigenvalue weighted by atomic mass is 32.1. The van der Waals surface area contributed by atoms with Crippen LogP contribution in [0.15, 0.2) is 72.8 Å². The fraction of sp³-hybridized carbons (Fsp3) is 0.333. The number of carbonyl (C=O) groups excluding carboxylic acids is 1. The van der Waals surface area contributed by atoms with E-state index in [-0.39, 0.29) is 6.61 Å². The third kappa shape index (κ3) is 7.98. The summed E-state index contributed by atoms with van der Waals surface area (Å²) in [4.78, 5) is 20.4. The van der Waals surface area contributed by atoms with Gasteiger partial charge in [0.2, 0.25) is 0 Å². The summed E-state index contributed by atoms with van der Waals surface area (Å²) in [6.45, 7) is 11.3. The number of aromatic nitrogens is 1. The Morgan fingerprint density at radius 3 is 2.19 bits per heavy atom. The summed E-state index contributed by atoms with van der Waals surface area (Å²) in [6.07, 6.45) is -4.37. The van der Waals surface area contributed by atoms with Gasteiger partial charge in [0.1, 0.15) is 10.8 Å². The first-order valence-corrected chi connectivity index (χ1v) is 14.5. The average molecular weight is 597 g/mol. The van der Waals surface area contributed by atoms with Crippen molar-refractivity contribution in [3.8, 4) is 16.3 Å². The van der Waals surface area contributed by atoms with Crippen LogP contribution < -0.4 is 4.74 Å². The molecule has 0 aliphatic rings. The predicted molar refractivity (Wildman–Crippen MR) is 159 cm³/mol. The molecular weight excluding hydrogens is 561 g/mol. The Labute approximate surface area is 248 Å². The minimum Gasteiger partial charge on any atom is -0.476 e. The number of carbonyl (C=O) groups is 1. The van der Waals surface area contributed by atoms with E-state index in [0.29, 0.717) is 36.0 Å². The number of benzene rings is 3. The van der Waals surface area contributed by atoms with Gasteiger partial charge in [0.25, 0.3) is 0 Å². The summed E-state index contributed by atoms with van der Waals surface area (Å²) in [7, 11) is 0. The van der Waals surface area contributed by atoms with E-state index >= 15 is 0 Å². The summed E-state index contributed by atoms with van der Waals surface area (Å²) >= 11 is 1.50. The molecule has 0 saturated heterocycles. The maximum Gasteiger partial charge on any atom is 0.416 e. The van der Waals surface area contributed by atoms with Crippen molar-refractivity contribution in [1.82, 2.24) is 9.88 Å². The lowest BCUT2D eigenvalue weighted by molar-refractivity contribution is -0.158. The van der Waals surface area contributed by atoms with Gasteiger partial charge in [-0.3, -0.25) is 4.90 Å². The lowest BCUT2D eigenvalue weighted by atomic mass is 10.1. The molecule has 0 spiro atoms. The van der Waals surface area contributed by atoms with Gasteiger partial charge in [-0.15, -0.1) is 11.3 Å². The number of alkyl halides is 3. The van der Waals surface area contributed by atoms with Crippen molar-refractivity contribution in [2.75, 3.05) is 6.61 Å². The zero-order valence-corrected chi connectivity index (χ0v) is 25.2. The third-order valence-corrected chi connectivity index (χ3v) is 7.94. The minimum atomic E-state index is -4.37. The monoisotopic (exact) mass is 596 g/mol. The van der Waals surface area contributed by atoms with Crippen LogP contribution in [0, 0.1) is 13.8 Å². The predicted octanol–water partition coefficient (Wildman–Crippen LogP) is 8.37. The molecule has 0 N–H and O–H groups in total. The number of hydrogen-bond acceptors (Lipinski definition) is 6. The standard InChI is InChI=1S/C33H35F3N2O3S/c1-6-40-31(39)32(4,5)41-28-17-12-25(18-22(28)2)20-38(19-24-10-8-7-9-11-24)21-29-23(3)37-30(42-29)26-13-15-27(16-14-26)33(34,35)36/h7-18H,6,19-21H2,1-5H3. The second-order valence-corrected chi connectivity index (χ2v) is 11.7. The summed E-state index contributed by atoms with van der Waals surface area (Å²) in [6, 6.07) is 21.2. The molecule has 4 aromatic rings. The SMILES string of the molecule is CCOC(=O)C(C)(C)Oc1ccc(CN(Cc2ccccc2)Cc2sc(-c3ccc(C(F)(F)F)cc3)nc2C)cc1C. The Bertz CT molecular complexity index is 1500. The lowest BCUT2D eigenvalue weighted by Crippen LogP contribution is -2.39. The van der Waals surface area contributed by atoms with Crippen LogP contribution in [0.25, 0.3) is 10.6 Å². The molecule has 0 aliphatic heterocycles. The highest BCUT2D eigenvalue weighted by Crippen LogP contribution is 2.34. The molecule has 0 radical (unpaired) electrons. The molecule has 222 valence electrons. The highest BCUT2D eigenvalue weighted by Gasteiger charge is 2.32. The molecule has 42 heavy (non-hydrogen) atoms. The molecule has 9 heteroatoms. The number of thiazole rings is 1. The molecule has 5 nitrogen and oxygen atoms in total. The minimum absolute atomic E-state index is 0.284. The van der Waals surface area contributed by atoms with Gasteiger partial charge in [-0.25, -0.2) is 9.78 Å². The molecule has 0 amide bonds. The maximum absolute atomic E-state index is 13.0. The van der Waals surface area contributed by atoms with Crippen LogP contribution in [-0.4, -0.2) is 28.1 Å². The van der Waals surface area contributed by atoms with E-state index in [1.165, 1.54) is 23.5 Å². The fourth-order valence-electron chi connectivity index (χ4n) is 4.52. The van der Waals surface area contributed by atoms with Gasteiger partial charge in [0.05, 0.1) is 17.9 Å². The molecular formula is C33H35F3N2O3S. The zero-order valence-electron chi connectivity index (χ0n) is 24.4. The number of hydrogen-bond donors (Lipinski definition) is 0. The lowest BCUT2D eigenvalue weighted by Gasteiger charge is -2.26. The molecule has 0 atom stereocenters. The Hall–Kier alpha value is -3.69. The highest BCUT2D eigenvalue weighted by molar-refractivity contribution is 7.15. The van der Waals surface area contributed by atoms with Gasteiger partial charge in [0.15, 0.2) is 5.60 Å². The second kappa shape index (κ2) is 13.1. The first kappa shape index (κ1) is 31.3. The van der Waals surface area contributed by atoms with Crippen molar-refractivity contribution in [1.29, 1.82) is 0 Å². The van der Waals surface area contributed by atoms with Crippen LogP contribution >= 0.6 is 11.3 Å². The summed E-state index contributed by atoms with van der Waals surface area (Å²) in [5.41, 5.74) is 2.87. The van der Waals surface area contributed by atoms with E-state index in [1.807, 2.05) is 44.2 Å². The topological polar surface area (TPSA) is 51.7 Å². The van der Waals surface area contributed by atoms with Crippen LogP contribution in [0.2, 0.25) is 0 Å². The number of ether oxygens (including phenoxy) is 2. The molecule has 4 rings (SSSR count). The van der Waals surface area contributed by atoms with Gasteiger partial charge >= 0.3 is 12.1 Å². The van der Waals surface area contributed by atoms with Gasteiger partial charge in [-0.1, -0.05) is 54.6 Å². The fourth-order valence-corrected chi connectivity index (χ4v) is 5.63. The Morgan fingerprint density at radius 2 is 1.57 bits per heavy atom. The van der Waals surface area contributed by atoms with Crippen LogP contribution in [0.3, 0.4) is 0 Å². The van der Waals surface area contributed by atoms with E-state index in [4.69, 9.17) is 9.47 Å². The number of nitrogens with zero attached hydrogens (tertiary/aromatic N) is 2. The molecule has 0 aliphatic carbocycles. The first-order valence-electron chi connectivity index (χ1n) is 13.7. The maximum atomic E-state index is 13.0. The third-order valence-electron chi connectivity index (χ3n) is 6.75. The van der Waals surface area contributed by atoms with Crippen molar-refractivity contribution >= 4 is 17.3 Å². The number of halogens is 3. The Kier molecular flexibility index (Phi) is 9.74. The molecule has 0 bridgehead atoms. The van der Waals surface area contributed by atoms with E-state index < -0.39 is 23.3 Å². The summed E-state index contributed by atoms with van der Waals surface area (Å²) in [5.74, 6) is 0.198. The number of rotatable bonds is 11. The average Bonchev–Trinajstić information content (AvgIpc) is 3.30. The molecule has 0 saturated carbocycles. The smallest absolute Gasteiger partial charge is 0.416 e. The Morgan fingerprint density at radius 1 is 0.905 bits per heavy atom. The van der Waals surface area contributed by atoms with Crippen molar-refractivity contribution in [2.24, 2.45) is 0 Å². The quantitative estimate of drug-likeness (QED) is 0.163. The molecule has 1 heterocycles. The van der Waals surface area contributed by atoms with Crippen molar-refractivity contribution < 1.29 is 27.4 Å². The van der Waals surface area contributed by atoms with E-state index in [1.54, 1.807) is 20.8 Å². The van der Waals surface area contributed by atoms with Crippen LogP contribution in [-0.2, 0) is 35.3 Å². The van der Waals surface area contributed by atoms with Crippen molar-refractivity contribution in [3.63, 3.8) is 0 Å². The van der Waals surface area contributed by atoms with Crippen molar-refractivity contribution in [3.05, 3.63) is 106 Å². The Balaban J connectivity index is 1.55. The van der Waals surface area contributed by atoms with Crippen LogP contribution in [0.1, 0.15) is 53.6 Å². The van der Waals surface area contributed by atoms with Crippen LogP contribution in [0.4, 0.5) is 13.2 Å². The summed E-state index contributed by atoms with van der Waals surface area (Å²) in [5, 5.41) is 0.692. The van der Waals surface area contributed by atoms with E-state index in [0.717, 1.165) is 39.4 Å². The summed E-state index contributed by atoms with van der Waals surface area (Å²) < 4.78 is 50.3. The second-order valence-electron chi connectivity index (χ2n) is 10.7. The number of aryl methyl sites for hydroxylation is 2. The molecule has 1 aromatic heterocycles. The molecule has 3 aromatic carbocycles. The zero-order chi connectivity index (χ0) is 30.5. The molecule has 0 unspecified atom stereocenters. The number of esters is 1. The van der Waals surface area contributed by atoms with Crippen LogP contribution in [0.5, 0.6) is 5.75 Å².